The zero-order valence-corrected chi connectivity index (χ0v) is 22.3. The summed E-state index contributed by atoms with van der Waals surface area (Å²) in [5.41, 5.74) is 1.79. The molecule has 1 aromatic carbocycles. The average molecular weight is 559 g/mol. The van der Waals surface area contributed by atoms with Crippen molar-refractivity contribution in [3.8, 4) is 5.75 Å². The van der Waals surface area contributed by atoms with Crippen LogP contribution in [0.15, 0.2) is 42.6 Å². The smallest absolute Gasteiger partial charge is 0.316 e. The zero-order chi connectivity index (χ0) is 27.6. The molecule has 12 nitrogen and oxygen atoms in total. The van der Waals surface area contributed by atoms with Crippen LogP contribution in [0.4, 0.5) is 33.3 Å². The van der Waals surface area contributed by atoms with Gasteiger partial charge in [0.25, 0.3) is 0 Å². The number of pyridine rings is 1. The molecule has 0 spiro atoms. The minimum Gasteiger partial charge on any atom is -0.484 e. The molecule has 39 heavy (non-hydrogen) atoms. The molecule has 206 valence electrons. The number of rotatable bonds is 8. The molecule has 0 radical (unpaired) electrons. The summed E-state index contributed by atoms with van der Waals surface area (Å²) in [6.07, 6.45) is 1.03. The van der Waals surface area contributed by atoms with Gasteiger partial charge in [-0.1, -0.05) is 0 Å². The summed E-state index contributed by atoms with van der Waals surface area (Å²) < 4.78 is 41.5. The predicted molar refractivity (Wildman–Crippen MR) is 142 cm³/mol. The Balaban J connectivity index is 1.30. The highest BCUT2D eigenvalue weighted by Gasteiger charge is 2.32. The number of ether oxygens (including phenoxy) is 2. The van der Waals surface area contributed by atoms with Crippen molar-refractivity contribution in [2.24, 2.45) is 0 Å². The van der Waals surface area contributed by atoms with Crippen LogP contribution in [0.3, 0.4) is 0 Å². The Morgan fingerprint density at radius 3 is 2.74 bits per heavy atom. The number of hydrogen-bond acceptors (Lipinski definition) is 11. The van der Waals surface area contributed by atoms with E-state index >= 15 is 0 Å². The second-order valence-electron chi connectivity index (χ2n) is 9.68. The van der Waals surface area contributed by atoms with E-state index in [4.69, 9.17) is 18.9 Å². The standard InChI is InChI=1S/C25H28FN6O6P/c1-25(2)14-32(9-10-37-25)16-5-3-15(4-6-16)28-24-27-11-18(26)23(31-24)30-21-8-7-20-22(29-21)17(12-38-39(34)35)19(33)13-36-20/h3-8,11,17,39H,9-10,12-14H2,1-2H3,(H,34,35)(H2,27,28,29,30,31). The third kappa shape index (κ3) is 6.51. The number of benzene rings is 1. The van der Waals surface area contributed by atoms with Gasteiger partial charge < -0.3 is 34.4 Å². The van der Waals surface area contributed by atoms with E-state index in [9.17, 15) is 13.8 Å². The molecule has 2 aromatic heterocycles. The van der Waals surface area contributed by atoms with Crippen molar-refractivity contribution in [2.45, 2.75) is 25.4 Å². The molecule has 1 fully saturated rings. The van der Waals surface area contributed by atoms with Gasteiger partial charge in [0, 0.05) is 24.5 Å². The molecule has 2 atom stereocenters. The van der Waals surface area contributed by atoms with Crippen molar-refractivity contribution < 1.29 is 32.6 Å². The van der Waals surface area contributed by atoms with Crippen LogP contribution in [-0.4, -0.2) is 64.1 Å². The lowest BCUT2D eigenvalue weighted by Gasteiger charge is -2.39. The number of carbonyl (C=O) groups excluding carboxylic acids is 1. The highest BCUT2D eigenvalue weighted by molar-refractivity contribution is 7.32. The SMILES string of the molecule is CC1(C)CN(c2ccc(Nc3ncc(F)c(Nc4ccc5c(n4)C(CO[PH](=O)O)C(=O)CO5)n3)cc2)CCO1. The lowest BCUT2D eigenvalue weighted by atomic mass is 9.98. The van der Waals surface area contributed by atoms with Crippen LogP contribution in [-0.2, 0) is 18.6 Å². The van der Waals surface area contributed by atoms with E-state index < -0.39 is 20.0 Å². The molecule has 14 heteroatoms. The van der Waals surface area contributed by atoms with E-state index in [1.807, 2.05) is 24.3 Å². The second kappa shape index (κ2) is 11.2. The quantitative estimate of drug-likeness (QED) is 0.347. The van der Waals surface area contributed by atoms with Crippen LogP contribution in [0.25, 0.3) is 0 Å². The fourth-order valence-electron chi connectivity index (χ4n) is 4.39. The summed E-state index contributed by atoms with van der Waals surface area (Å²) in [7, 11) is -3.23. The Labute approximate surface area is 224 Å². The predicted octanol–water partition coefficient (Wildman–Crippen LogP) is 3.56. The Morgan fingerprint density at radius 2 is 2.00 bits per heavy atom. The van der Waals surface area contributed by atoms with Crippen LogP contribution >= 0.6 is 8.25 Å². The maximum Gasteiger partial charge on any atom is 0.316 e. The number of morpholine rings is 1. The molecule has 0 amide bonds. The summed E-state index contributed by atoms with van der Waals surface area (Å²) >= 11 is 0. The van der Waals surface area contributed by atoms with Crippen LogP contribution in [0.1, 0.15) is 25.5 Å². The Morgan fingerprint density at radius 1 is 1.21 bits per heavy atom. The molecule has 1 saturated heterocycles. The number of nitrogens with zero attached hydrogens (tertiary/aromatic N) is 4. The van der Waals surface area contributed by atoms with Gasteiger partial charge in [-0.25, -0.2) is 14.4 Å². The van der Waals surface area contributed by atoms with E-state index in [1.165, 1.54) is 0 Å². The number of carbonyl (C=O) groups is 1. The number of halogens is 1. The average Bonchev–Trinajstić information content (AvgIpc) is 2.90. The summed E-state index contributed by atoms with van der Waals surface area (Å²) in [6, 6.07) is 10.9. The Kier molecular flexibility index (Phi) is 7.76. The van der Waals surface area contributed by atoms with Crippen molar-refractivity contribution in [3.63, 3.8) is 0 Å². The minimum atomic E-state index is -3.23. The number of anilines is 5. The van der Waals surface area contributed by atoms with Gasteiger partial charge >= 0.3 is 8.25 Å². The first-order valence-corrected chi connectivity index (χ1v) is 13.5. The van der Waals surface area contributed by atoms with Gasteiger partial charge in [0.1, 0.15) is 18.2 Å². The lowest BCUT2D eigenvalue weighted by Crippen LogP contribution is -2.48. The largest absolute Gasteiger partial charge is 0.484 e. The van der Waals surface area contributed by atoms with Crippen molar-refractivity contribution in [1.82, 2.24) is 15.0 Å². The Bertz CT molecular complexity index is 1390. The summed E-state index contributed by atoms with van der Waals surface area (Å²) in [6.45, 7) is 5.84. The van der Waals surface area contributed by atoms with E-state index in [1.54, 1.807) is 12.1 Å². The topological polar surface area (TPSA) is 148 Å². The van der Waals surface area contributed by atoms with E-state index in [-0.39, 0.29) is 47.9 Å². The minimum absolute atomic E-state index is 0.136. The number of ketones is 1. The molecule has 0 aliphatic carbocycles. The summed E-state index contributed by atoms with van der Waals surface area (Å²) in [4.78, 5) is 36.2. The van der Waals surface area contributed by atoms with E-state index in [0.29, 0.717) is 12.4 Å². The maximum atomic E-state index is 14.6. The molecular formula is C25H28FN6O6P. The number of fused-ring (bicyclic) bond motifs is 1. The van der Waals surface area contributed by atoms with Crippen LogP contribution in [0.2, 0.25) is 0 Å². The molecule has 3 N–H and O–H groups in total. The Hall–Kier alpha value is -3.64. The van der Waals surface area contributed by atoms with Crippen molar-refractivity contribution in [3.05, 3.63) is 54.1 Å². The molecule has 2 aliphatic rings. The normalized spacial score (nSPS) is 19.1. The molecule has 2 unspecified atom stereocenters. The maximum absolute atomic E-state index is 14.6. The van der Waals surface area contributed by atoms with Crippen molar-refractivity contribution >= 4 is 43.0 Å². The van der Waals surface area contributed by atoms with Gasteiger partial charge in [0.2, 0.25) is 5.95 Å². The zero-order valence-electron chi connectivity index (χ0n) is 21.3. The van der Waals surface area contributed by atoms with Crippen LogP contribution < -0.4 is 20.3 Å². The lowest BCUT2D eigenvalue weighted by molar-refractivity contribution is -0.124. The fourth-order valence-corrected chi connectivity index (χ4v) is 4.70. The van der Waals surface area contributed by atoms with Gasteiger partial charge in [-0.2, -0.15) is 4.98 Å². The molecule has 5 rings (SSSR count). The van der Waals surface area contributed by atoms with Gasteiger partial charge in [0.05, 0.1) is 36.6 Å². The van der Waals surface area contributed by atoms with Gasteiger partial charge in [-0.05, 0) is 50.2 Å². The molecule has 3 aromatic rings. The highest BCUT2D eigenvalue weighted by Crippen LogP contribution is 2.34. The number of aromatic nitrogens is 3. The van der Waals surface area contributed by atoms with Crippen molar-refractivity contribution in [1.29, 1.82) is 0 Å². The van der Waals surface area contributed by atoms with Crippen LogP contribution in [0, 0.1) is 5.82 Å². The van der Waals surface area contributed by atoms with Crippen LogP contribution in [0.5, 0.6) is 5.75 Å². The summed E-state index contributed by atoms with van der Waals surface area (Å²) in [5, 5.41) is 5.87. The second-order valence-corrected chi connectivity index (χ2v) is 10.5. The van der Waals surface area contributed by atoms with E-state index in [0.717, 1.165) is 30.7 Å². The first-order chi connectivity index (χ1) is 18.7. The molecule has 4 heterocycles. The van der Waals surface area contributed by atoms with Gasteiger partial charge in [-0.15, -0.1) is 0 Å². The molecule has 2 aliphatic heterocycles. The monoisotopic (exact) mass is 558 g/mol. The van der Waals surface area contributed by atoms with Crippen molar-refractivity contribution in [2.75, 3.05) is 48.4 Å². The fraction of sp³-hybridized carbons (Fsp3) is 0.360. The summed E-state index contributed by atoms with van der Waals surface area (Å²) in [5.74, 6) is -1.40. The van der Waals surface area contributed by atoms with E-state index in [2.05, 4.69) is 44.3 Å². The first-order valence-electron chi connectivity index (χ1n) is 12.2. The van der Waals surface area contributed by atoms with Gasteiger partial charge in [-0.3, -0.25) is 9.36 Å². The van der Waals surface area contributed by atoms with Gasteiger partial charge in [0.15, 0.2) is 17.4 Å². The molecule has 0 saturated carbocycles. The third-order valence-electron chi connectivity index (χ3n) is 6.25. The third-order valence-corrected chi connectivity index (χ3v) is 6.67. The highest BCUT2D eigenvalue weighted by atomic mass is 31.1. The first kappa shape index (κ1) is 26.9. The number of nitrogens with one attached hydrogen (secondary N) is 2. The molecule has 0 bridgehead atoms. The number of Topliss-reactive ketones (excluding diaryl/α,β-unsaturated/α-hetero) is 1. The number of hydrogen-bond donors (Lipinski definition) is 3. The molecular weight excluding hydrogens is 530 g/mol.